The van der Waals surface area contributed by atoms with Gasteiger partial charge in [-0.3, -0.25) is 0 Å². The fourth-order valence-electron chi connectivity index (χ4n) is 6.68. The van der Waals surface area contributed by atoms with E-state index in [1.165, 1.54) is 206 Å². The monoisotopic (exact) mass is 639 g/mol. The van der Waals surface area contributed by atoms with Gasteiger partial charge in [0, 0.05) is 0 Å². The Hall–Kier alpha value is -1.12. The lowest BCUT2D eigenvalue weighted by atomic mass is 10.1. The smallest absolute Gasteiger partial charge is 0.000655 e. The van der Waals surface area contributed by atoms with Crippen molar-refractivity contribution in [1.82, 2.24) is 9.80 Å². The Morgan fingerprint density at radius 3 is 1.20 bits per heavy atom. The minimum Gasteiger partial charge on any atom is -0.303 e. The molecule has 0 spiro atoms. The van der Waals surface area contributed by atoms with Gasteiger partial charge < -0.3 is 9.80 Å². The van der Waals surface area contributed by atoms with Gasteiger partial charge in [-0.1, -0.05) is 146 Å². The summed E-state index contributed by atoms with van der Waals surface area (Å²) >= 11 is 0. The van der Waals surface area contributed by atoms with Crippen molar-refractivity contribution in [2.24, 2.45) is 0 Å². The van der Waals surface area contributed by atoms with Crippen LogP contribution in [0.15, 0.2) is 48.6 Å². The molecule has 0 amide bonds. The predicted molar refractivity (Wildman–Crippen MR) is 210 cm³/mol. The summed E-state index contributed by atoms with van der Waals surface area (Å²) in [6, 6.07) is 0. The summed E-state index contributed by atoms with van der Waals surface area (Å²) in [4.78, 5) is 5.55. The summed E-state index contributed by atoms with van der Waals surface area (Å²) in [7, 11) is 0. The van der Waals surface area contributed by atoms with Gasteiger partial charge in [0.1, 0.15) is 0 Å². The number of allylic oxidation sites excluding steroid dienone is 8. The van der Waals surface area contributed by atoms with E-state index in [0.717, 1.165) is 12.8 Å². The highest BCUT2D eigenvalue weighted by molar-refractivity contribution is 4.93. The van der Waals surface area contributed by atoms with Crippen molar-refractivity contribution < 1.29 is 0 Å². The molecule has 268 valence electrons. The van der Waals surface area contributed by atoms with Crippen molar-refractivity contribution in [2.75, 3.05) is 39.3 Å². The lowest BCUT2D eigenvalue weighted by Crippen LogP contribution is -2.34. The van der Waals surface area contributed by atoms with E-state index >= 15 is 0 Å². The van der Waals surface area contributed by atoms with Gasteiger partial charge >= 0.3 is 0 Å². The largest absolute Gasteiger partial charge is 0.303 e. The third-order valence-electron chi connectivity index (χ3n) is 9.75. The second kappa shape index (κ2) is 36.7. The Labute approximate surface area is 290 Å². The topological polar surface area (TPSA) is 6.48 Å². The first kappa shape index (κ1) is 42.9. The summed E-state index contributed by atoms with van der Waals surface area (Å²) in [6.45, 7) is 12.5. The van der Waals surface area contributed by atoms with Crippen LogP contribution in [-0.2, 0) is 0 Å². The van der Waals surface area contributed by atoms with E-state index in [1.54, 1.807) is 0 Å². The number of nitrogens with zero attached hydrogens (tertiary/aromatic N) is 2. The van der Waals surface area contributed by atoms with Crippen LogP contribution in [0.5, 0.6) is 0 Å². The highest BCUT2D eigenvalue weighted by Crippen LogP contribution is 2.13. The molecule has 0 aromatic heterocycles. The van der Waals surface area contributed by atoms with Crippen molar-refractivity contribution in [3.8, 4) is 0 Å². The van der Waals surface area contributed by atoms with E-state index in [9.17, 15) is 0 Å². The molecule has 0 aromatic rings. The van der Waals surface area contributed by atoms with Crippen molar-refractivity contribution in [2.45, 2.75) is 194 Å². The zero-order chi connectivity index (χ0) is 32.9. The maximum absolute atomic E-state index is 2.83. The first-order chi connectivity index (χ1) is 22.9. The molecule has 1 fully saturated rings. The van der Waals surface area contributed by atoms with Crippen LogP contribution in [0.4, 0.5) is 0 Å². The fraction of sp³-hybridized carbons (Fsp3) is 0.818. The molecule has 0 N–H and O–H groups in total. The van der Waals surface area contributed by atoms with Crippen LogP contribution in [0.3, 0.4) is 0 Å². The molecule has 46 heavy (non-hydrogen) atoms. The summed E-state index contributed by atoms with van der Waals surface area (Å²) in [5, 5.41) is 0. The molecule has 1 rings (SSSR count). The van der Waals surface area contributed by atoms with Gasteiger partial charge in [0.05, 0.1) is 0 Å². The number of hydrogen-bond donors (Lipinski definition) is 0. The van der Waals surface area contributed by atoms with Crippen LogP contribution in [0.25, 0.3) is 0 Å². The van der Waals surface area contributed by atoms with Gasteiger partial charge in [0.25, 0.3) is 0 Å². The third kappa shape index (κ3) is 31.5. The van der Waals surface area contributed by atoms with Crippen LogP contribution in [0, 0.1) is 0 Å². The van der Waals surface area contributed by atoms with E-state index in [1.807, 2.05) is 0 Å². The average molecular weight is 639 g/mol. The Kier molecular flexibility index (Phi) is 34.2. The molecule has 0 radical (unpaired) electrons. The zero-order valence-electron chi connectivity index (χ0n) is 31.6. The number of likely N-dealkylation sites (tertiary alicyclic amines) is 1. The van der Waals surface area contributed by atoms with E-state index in [2.05, 4.69) is 72.3 Å². The van der Waals surface area contributed by atoms with Gasteiger partial charge in [0.2, 0.25) is 0 Å². The first-order valence-corrected chi connectivity index (χ1v) is 20.9. The SMILES string of the molecule is CCCCC/C=C\C/C=C\CCCCCCCCN(CCCCCCCC/C=C\C/C=C\CCCCC)CCCN1CCCCC1. The molecule has 1 aliphatic rings. The molecule has 2 heteroatoms. The Morgan fingerprint density at radius 2 is 0.761 bits per heavy atom. The lowest BCUT2D eigenvalue weighted by molar-refractivity contribution is 0.199. The first-order valence-electron chi connectivity index (χ1n) is 20.9. The van der Waals surface area contributed by atoms with Crippen LogP contribution in [0.1, 0.15) is 194 Å². The molecule has 1 saturated heterocycles. The predicted octanol–water partition coefficient (Wildman–Crippen LogP) is 13.8. The van der Waals surface area contributed by atoms with Crippen molar-refractivity contribution >= 4 is 0 Å². The van der Waals surface area contributed by atoms with Gasteiger partial charge in [0.15, 0.2) is 0 Å². The summed E-state index contributed by atoms with van der Waals surface area (Å²) in [6.07, 6.45) is 56.9. The van der Waals surface area contributed by atoms with Gasteiger partial charge in [-0.15, -0.1) is 0 Å². The summed E-state index contributed by atoms with van der Waals surface area (Å²) < 4.78 is 0. The van der Waals surface area contributed by atoms with E-state index in [0.29, 0.717) is 0 Å². The maximum atomic E-state index is 2.83. The molecule has 0 bridgehead atoms. The highest BCUT2D eigenvalue weighted by Gasteiger charge is 2.11. The van der Waals surface area contributed by atoms with E-state index in [-0.39, 0.29) is 0 Å². The van der Waals surface area contributed by atoms with E-state index < -0.39 is 0 Å². The third-order valence-corrected chi connectivity index (χ3v) is 9.75. The quantitative estimate of drug-likeness (QED) is 0.0511. The number of unbranched alkanes of at least 4 members (excludes halogenated alkanes) is 18. The van der Waals surface area contributed by atoms with E-state index in [4.69, 9.17) is 0 Å². The van der Waals surface area contributed by atoms with Crippen LogP contribution in [0.2, 0.25) is 0 Å². The highest BCUT2D eigenvalue weighted by atomic mass is 15.1. The summed E-state index contributed by atoms with van der Waals surface area (Å²) in [5.74, 6) is 0. The van der Waals surface area contributed by atoms with Crippen LogP contribution in [-0.4, -0.2) is 49.1 Å². The van der Waals surface area contributed by atoms with Crippen LogP contribution < -0.4 is 0 Å². The second-order valence-electron chi connectivity index (χ2n) is 14.3. The Bertz CT molecular complexity index is 651. The van der Waals surface area contributed by atoms with Gasteiger partial charge in [-0.2, -0.15) is 0 Å². The average Bonchev–Trinajstić information content (AvgIpc) is 3.08. The molecule has 1 heterocycles. The molecular weight excluding hydrogens is 556 g/mol. The maximum Gasteiger partial charge on any atom is -0.000655 e. The number of piperidine rings is 1. The molecule has 2 nitrogen and oxygen atoms in total. The minimum absolute atomic E-state index is 1.12. The minimum atomic E-state index is 1.12. The standard InChI is InChI=1S/C44H82N2/c1-3-5-7-9-11-13-15-17-19-21-23-25-27-29-31-34-39-45(43-38-44-46-41-36-33-37-42-46)40-35-32-30-28-26-24-22-20-18-16-14-12-10-8-6-4-2/h11-14,17-20H,3-10,15-16,21-44H2,1-2H3/b13-11-,14-12-,19-17-,20-18-. The van der Waals surface area contributed by atoms with Crippen molar-refractivity contribution in [3.63, 3.8) is 0 Å². The van der Waals surface area contributed by atoms with Gasteiger partial charge in [-0.05, 0) is 136 Å². The molecule has 1 aliphatic heterocycles. The van der Waals surface area contributed by atoms with Crippen molar-refractivity contribution in [1.29, 1.82) is 0 Å². The molecular formula is C44H82N2. The summed E-state index contributed by atoms with van der Waals surface area (Å²) in [5.41, 5.74) is 0. The number of rotatable bonds is 34. The zero-order valence-corrected chi connectivity index (χ0v) is 31.6. The Morgan fingerprint density at radius 1 is 0.391 bits per heavy atom. The fourth-order valence-corrected chi connectivity index (χ4v) is 6.68. The lowest BCUT2D eigenvalue weighted by Gasteiger charge is -2.28. The molecule has 0 aromatic carbocycles. The Balaban J connectivity index is 2.08. The number of hydrogen-bond acceptors (Lipinski definition) is 2. The van der Waals surface area contributed by atoms with Crippen LogP contribution >= 0.6 is 0 Å². The molecule has 0 unspecified atom stereocenters. The molecule has 0 aliphatic carbocycles. The molecule has 0 saturated carbocycles. The van der Waals surface area contributed by atoms with Crippen molar-refractivity contribution in [3.05, 3.63) is 48.6 Å². The molecule has 0 atom stereocenters. The normalized spacial score (nSPS) is 14.8. The second-order valence-corrected chi connectivity index (χ2v) is 14.3. The van der Waals surface area contributed by atoms with Gasteiger partial charge in [-0.25, -0.2) is 0 Å².